The SMILES string of the molecule is COc1ccc(Nc2cc(NCC(C)(C)CCO)ncn2)c(OC)c1. The lowest BCUT2D eigenvalue weighted by Crippen LogP contribution is -2.24. The van der Waals surface area contributed by atoms with Crippen LogP contribution in [0.1, 0.15) is 20.3 Å². The van der Waals surface area contributed by atoms with Crippen molar-refractivity contribution in [2.45, 2.75) is 20.3 Å². The second kappa shape index (κ2) is 8.53. The Labute approximate surface area is 148 Å². The molecule has 0 unspecified atom stereocenters. The fourth-order valence-electron chi connectivity index (χ4n) is 2.28. The van der Waals surface area contributed by atoms with Gasteiger partial charge in [0.1, 0.15) is 29.5 Å². The molecule has 0 saturated heterocycles. The summed E-state index contributed by atoms with van der Waals surface area (Å²) in [6.07, 6.45) is 2.22. The molecule has 0 aliphatic heterocycles. The predicted molar refractivity (Wildman–Crippen MR) is 98.8 cm³/mol. The van der Waals surface area contributed by atoms with Gasteiger partial charge in [0, 0.05) is 25.3 Å². The highest BCUT2D eigenvalue weighted by atomic mass is 16.5. The third-order valence-corrected chi connectivity index (χ3v) is 3.88. The molecule has 3 N–H and O–H groups in total. The van der Waals surface area contributed by atoms with Gasteiger partial charge in [0.05, 0.1) is 19.9 Å². The highest BCUT2D eigenvalue weighted by Gasteiger charge is 2.17. The van der Waals surface area contributed by atoms with Crippen LogP contribution in [0.15, 0.2) is 30.6 Å². The molecule has 0 spiro atoms. The zero-order chi connectivity index (χ0) is 18.3. The van der Waals surface area contributed by atoms with Crippen molar-refractivity contribution in [3.8, 4) is 11.5 Å². The molecule has 7 heteroatoms. The maximum atomic E-state index is 9.11. The molecule has 0 fully saturated rings. The van der Waals surface area contributed by atoms with E-state index in [1.54, 1.807) is 20.3 Å². The van der Waals surface area contributed by atoms with Crippen LogP contribution in [0.4, 0.5) is 17.3 Å². The Balaban J connectivity index is 2.09. The largest absolute Gasteiger partial charge is 0.497 e. The molecular weight excluding hydrogens is 320 g/mol. The second-order valence-electron chi connectivity index (χ2n) is 6.47. The number of benzene rings is 1. The van der Waals surface area contributed by atoms with Crippen LogP contribution in [-0.4, -0.2) is 42.4 Å². The van der Waals surface area contributed by atoms with Crippen LogP contribution in [0.5, 0.6) is 11.5 Å². The molecule has 136 valence electrons. The number of methoxy groups -OCH3 is 2. The number of aromatic nitrogens is 2. The number of hydrogen-bond donors (Lipinski definition) is 3. The lowest BCUT2D eigenvalue weighted by atomic mass is 9.90. The van der Waals surface area contributed by atoms with E-state index in [-0.39, 0.29) is 12.0 Å². The summed E-state index contributed by atoms with van der Waals surface area (Å²) in [4.78, 5) is 8.48. The van der Waals surface area contributed by atoms with Gasteiger partial charge >= 0.3 is 0 Å². The Hall–Kier alpha value is -2.54. The average Bonchev–Trinajstić information content (AvgIpc) is 2.61. The molecule has 0 bridgehead atoms. The van der Waals surface area contributed by atoms with Crippen molar-refractivity contribution in [2.75, 3.05) is 38.0 Å². The van der Waals surface area contributed by atoms with Crippen molar-refractivity contribution in [2.24, 2.45) is 5.41 Å². The number of hydrogen-bond acceptors (Lipinski definition) is 7. The minimum absolute atomic E-state index is 0.0213. The molecule has 0 amide bonds. The van der Waals surface area contributed by atoms with E-state index in [4.69, 9.17) is 14.6 Å². The van der Waals surface area contributed by atoms with Crippen LogP contribution in [0, 0.1) is 5.41 Å². The van der Waals surface area contributed by atoms with Crippen LogP contribution >= 0.6 is 0 Å². The van der Waals surface area contributed by atoms with Crippen LogP contribution in [0.25, 0.3) is 0 Å². The molecule has 2 aromatic rings. The standard InChI is InChI=1S/C18H26N4O3/c1-18(2,7-8-23)11-19-16-10-17(21-12-20-16)22-14-6-5-13(24-3)9-15(14)25-4/h5-6,9-10,12,23H,7-8,11H2,1-4H3,(H2,19,20,21,22). The molecule has 2 rings (SSSR count). The maximum Gasteiger partial charge on any atom is 0.146 e. The lowest BCUT2D eigenvalue weighted by Gasteiger charge is -2.24. The summed E-state index contributed by atoms with van der Waals surface area (Å²) in [6.45, 7) is 5.07. The number of aliphatic hydroxyl groups is 1. The zero-order valence-electron chi connectivity index (χ0n) is 15.2. The van der Waals surface area contributed by atoms with E-state index >= 15 is 0 Å². The fourth-order valence-corrected chi connectivity index (χ4v) is 2.28. The molecule has 1 heterocycles. The fraction of sp³-hybridized carbons (Fsp3) is 0.444. The van der Waals surface area contributed by atoms with Gasteiger partial charge in [0.15, 0.2) is 0 Å². The first-order valence-corrected chi connectivity index (χ1v) is 8.13. The quantitative estimate of drug-likeness (QED) is 0.643. The molecule has 0 radical (unpaired) electrons. The maximum absolute atomic E-state index is 9.11. The van der Waals surface area contributed by atoms with E-state index in [0.717, 1.165) is 23.7 Å². The Morgan fingerprint density at radius 3 is 2.52 bits per heavy atom. The topological polar surface area (TPSA) is 88.5 Å². The number of rotatable bonds is 9. The minimum atomic E-state index is -0.0213. The van der Waals surface area contributed by atoms with Crippen molar-refractivity contribution in [1.82, 2.24) is 9.97 Å². The van der Waals surface area contributed by atoms with E-state index in [1.807, 2.05) is 18.2 Å². The smallest absolute Gasteiger partial charge is 0.146 e. The summed E-state index contributed by atoms with van der Waals surface area (Å²) in [5, 5.41) is 15.6. The summed E-state index contributed by atoms with van der Waals surface area (Å²) in [6, 6.07) is 7.36. The van der Waals surface area contributed by atoms with Crippen molar-refractivity contribution in [1.29, 1.82) is 0 Å². The van der Waals surface area contributed by atoms with E-state index < -0.39 is 0 Å². The van der Waals surface area contributed by atoms with E-state index in [9.17, 15) is 0 Å². The summed E-state index contributed by atoms with van der Waals surface area (Å²) in [5.74, 6) is 2.76. The van der Waals surface area contributed by atoms with E-state index in [1.165, 1.54) is 6.33 Å². The van der Waals surface area contributed by atoms with Gasteiger partial charge in [0.2, 0.25) is 0 Å². The van der Waals surface area contributed by atoms with Crippen molar-refractivity contribution in [3.63, 3.8) is 0 Å². The summed E-state index contributed by atoms with van der Waals surface area (Å²) < 4.78 is 10.6. The van der Waals surface area contributed by atoms with Crippen molar-refractivity contribution in [3.05, 3.63) is 30.6 Å². The molecule has 0 saturated carbocycles. The molecule has 0 atom stereocenters. The van der Waals surface area contributed by atoms with Gasteiger partial charge < -0.3 is 25.2 Å². The highest BCUT2D eigenvalue weighted by Crippen LogP contribution is 2.31. The van der Waals surface area contributed by atoms with Crippen molar-refractivity contribution < 1.29 is 14.6 Å². The molecule has 7 nitrogen and oxygen atoms in total. The van der Waals surface area contributed by atoms with Crippen LogP contribution < -0.4 is 20.1 Å². The summed E-state index contributed by atoms with van der Waals surface area (Å²) in [5.41, 5.74) is 0.764. The van der Waals surface area contributed by atoms with Gasteiger partial charge in [0.25, 0.3) is 0 Å². The Bertz CT molecular complexity index is 692. The third kappa shape index (κ3) is 5.49. The van der Waals surface area contributed by atoms with E-state index in [2.05, 4.69) is 34.4 Å². The number of ether oxygens (including phenoxy) is 2. The predicted octanol–water partition coefficient (Wildman–Crippen LogP) is 3.06. The number of aliphatic hydroxyl groups excluding tert-OH is 1. The molecule has 1 aromatic carbocycles. The van der Waals surface area contributed by atoms with Crippen LogP contribution in [0.2, 0.25) is 0 Å². The van der Waals surface area contributed by atoms with Crippen LogP contribution in [0.3, 0.4) is 0 Å². The molecule has 0 aliphatic rings. The Morgan fingerprint density at radius 1 is 1.08 bits per heavy atom. The van der Waals surface area contributed by atoms with Gasteiger partial charge in [-0.3, -0.25) is 0 Å². The summed E-state index contributed by atoms with van der Waals surface area (Å²) in [7, 11) is 3.22. The van der Waals surface area contributed by atoms with Gasteiger partial charge in [-0.2, -0.15) is 0 Å². The molecular formula is C18H26N4O3. The Kier molecular flexibility index (Phi) is 6.41. The normalized spacial score (nSPS) is 11.1. The van der Waals surface area contributed by atoms with Crippen molar-refractivity contribution >= 4 is 17.3 Å². The van der Waals surface area contributed by atoms with E-state index in [0.29, 0.717) is 18.1 Å². The van der Waals surface area contributed by atoms with Gasteiger partial charge in [-0.1, -0.05) is 13.8 Å². The first kappa shape index (κ1) is 18.8. The molecule has 25 heavy (non-hydrogen) atoms. The van der Waals surface area contributed by atoms with Gasteiger partial charge in [-0.05, 0) is 24.0 Å². The number of nitrogens with zero attached hydrogens (tertiary/aromatic N) is 2. The number of nitrogens with one attached hydrogen (secondary N) is 2. The minimum Gasteiger partial charge on any atom is -0.497 e. The highest BCUT2D eigenvalue weighted by molar-refractivity contribution is 5.66. The van der Waals surface area contributed by atoms with Crippen LogP contribution in [-0.2, 0) is 0 Å². The average molecular weight is 346 g/mol. The second-order valence-corrected chi connectivity index (χ2v) is 6.47. The Morgan fingerprint density at radius 2 is 1.84 bits per heavy atom. The first-order valence-electron chi connectivity index (χ1n) is 8.13. The third-order valence-electron chi connectivity index (χ3n) is 3.88. The lowest BCUT2D eigenvalue weighted by molar-refractivity contribution is 0.220. The summed E-state index contributed by atoms with van der Waals surface area (Å²) >= 11 is 0. The molecule has 0 aliphatic carbocycles. The molecule has 1 aromatic heterocycles. The first-order chi connectivity index (χ1) is 12.0. The monoisotopic (exact) mass is 346 g/mol. The zero-order valence-corrected chi connectivity index (χ0v) is 15.2. The number of anilines is 3. The van der Waals surface area contributed by atoms with Gasteiger partial charge in [-0.15, -0.1) is 0 Å². The van der Waals surface area contributed by atoms with Gasteiger partial charge in [-0.25, -0.2) is 9.97 Å².